The zero-order chi connectivity index (χ0) is 38.0. The van der Waals surface area contributed by atoms with Crippen molar-refractivity contribution in [2.75, 3.05) is 26.1 Å². The van der Waals surface area contributed by atoms with E-state index in [9.17, 15) is 14.4 Å². The van der Waals surface area contributed by atoms with Gasteiger partial charge in [0.1, 0.15) is 24.2 Å². The van der Waals surface area contributed by atoms with Crippen molar-refractivity contribution in [3.05, 3.63) is 64.5 Å². The van der Waals surface area contributed by atoms with Crippen LogP contribution in [-0.2, 0) is 33.9 Å². The first kappa shape index (κ1) is 10.5. The highest BCUT2D eigenvalue weighted by atomic mass is 19.1. The number of nitrogens with one attached hydrogen (secondary N) is 1. The van der Waals surface area contributed by atoms with Crippen molar-refractivity contribution in [2.24, 2.45) is 0 Å². The van der Waals surface area contributed by atoms with Crippen molar-refractivity contribution in [3.8, 4) is 5.75 Å². The number of imide groups is 1. The minimum Gasteiger partial charge on any atom is -0.488 e. The summed E-state index contributed by atoms with van der Waals surface area (Å²) >= 11 is 0. The van der Waals surface area contributed by atoms with Gasteiger partial charge in [-0.3, -0.25) is 24.6 Å². The van der Waals surface area contributed by atoms with Crippen LogP contribution in [0.5, 0.6) is 5.75 Å². The minimum absolute atomic E-state index is 0.0722. The molecule has 0 radical (unpaired) electrons. The predicted molar refractivity (Wildman–Crippen MR) is 119 cm³/mol. The normalized spacial score (nSPS) is 38.7. The summed E-state index contributed by atoms with van der Waals surface area (Å²) in [6.45, 7) is -20.6. The molecule has 2 aromatic carbocycles. The predicted octanol–water partition coefficient (Wildman–Crippen LogP) is 2.00. The van der Waals surface area contributed by atoms with E-state index >= 15 is 4.39 Å². The smallest absolute Gasteiger partial charge is 0.255 e. The second-order valence-electron chi connectivity index (χ2n) is 7.09. The number of hydrogen-bond acceptors (Lipinski definition) is 6. The average molecular weight is 484 g/mol. The Bertz CT molecular complexity index is 1780. The Morgan fingerprint density at radius 1 is 1.21 bits per heavy atom. The zero-order valence-corrected chi connectivity index (χ0v) is 17.1. The molecule has 2 aromatic rings. The molecular formula is C25H26FN3O5. The molecule has 9 heteroatoms. The Hall–Kier alpha value is -3.30. The summed E-state index contributed by atoms with van der Waals surface area (Å²) in [5.74, 6) is -6.60. The van der Waals surface area contributed by atoms with Gasteiger partial charge in [-0.05, 0) is 30.1 Å². The Morgan fingerprint density at radius 2 is 2.03 bits per heavy atom. The second kappa shape index (κ2) is 9.52. The highest BCUT2D eigenvalue weighted by Gasteiger charge is 2.40. The molecule has 1 unspecified atom stereocenters. The van der Waals surface area contributed by atoms with Crippen LogP contribution in [0.25, 0.3) is 0 Å². The molecule has 0 saturated carbocycles. The van der Waals surface area contributed by atoms with Crippen molar-refractivity contribution in [3.63, 3.8) is 0 Å². The van der Waals surface area contributed by atoms with E-state index in [2.05, 4.69) is 4.74 Å². The average Bonchev–Trinajstić information content (AvgIpc) is 3.14. The molecule has 0 bridgehead atoms. The molecule has 2 saturated heterocycles. The molecule has 0 spiro atoms. The molecule has 8 nitrogen and oxygen atoms in total. The van der Waals surface area contributed by atoms with Crippen molar-refractivity contribution in [2.45, 2.75) is 38.4 Å². The molecule has 5 rings (SSSR count). The number of fused-ring (bicyclic) bond motifs is 1. The van der Waals surface area contributed by atoms with Gasteiger partial charge in [-0.15, -0.1) is 0 Å². The lowest BCUT2D eigenvalue weighted by atomic mass is 10.0. The maximum absolute atomic E-state index is 15.5. The van der Waals surface area contributed by atoms with E-state index in [1.165, 1.54) is 0 Å². The number of amides is 3. The van der Waals surface area contributed by atoms with Crippen LogP contribution in [-0.4, -0.2) is 59.7 Å². The van der Waals surface area contributed by atoms with E-state index in [-0.39, 0.29) is 15.4 Å². The molecule has 3 heterocycles. The van der Waals surface area contributed by atoms with E-state index in [0.717, 1.165) is 30.3 Å². The number of hydrogen-bond donors (Lipinski definition) is 1. The quantitative estimate of drug-likeness (QED) is 0.633. The highest BCUT2D eigenvalue weighted by molar-refractivity contribution is 6.05. The van der Waals surface area contributed by atoms with Crippen LogP contribution >= 0.6 is 0 Å². The summed E-state index contributed by atoms with van der Waals surface area (Å²) in [6.07, 6.45) is -6.86. The molecule has 1 atom stereocenters. The fourth-order valence-electron chi connectivity index (χ4n) is 3.31. The van der Waals surface area contributed by atoms with Crippen LogP contribution in [0, 0.1) is 5.82 Å². The first-order valence-corrected chi connectivity index (χ1v) is 9.75. The first-order valence-electron chi connectivity index (χ1n) is 17.7. The van der Waals surface area contributed by atoms with Gasteiger partial charge >= 0.3 is 0 Å². The number of rotatable bonds is 6. The number of benzene rings is 2. The number of halogens is 1. The largest absolute Gasteiger partial charge is 0.488 e. The Morgan fingerprint density at radius 3 is 2.82 bits per heavy atom. The van der Waals surface area contributed by atoms with Crippen molar-refractivity contribution in [1.82, 2.24) is 15.1 Å². The third-order valence-electron chi connectivity index (χ3n) is 4.88. The van der Waals surface area contributed by atoms with Gasteiger partial charge in [-0.1, -0.05) is 18.2 Å². The summed E-state index contributed by atoms with van der Waals surface area (Å²) in [4.78, 5) is 38.5. The number of nitrogens with zero attached hydrogens (tertiary/aromatic N) is 2. The summed E-state index contributed by atoms with van der Waals surface area (Å²) in [5.41, 5.74) is -2.39. The van der Waals surface area contributed by atoms with Crippen LogP contribution in [0.4, 0.5) is 4.39 Å². The van der Waals surface area contributed by atoms with E-state index < -0.39 is 110 Å². The lowest BCUT2D eigenvalue weighted by Crippen LogP contribution is -2.52. The monoisotopic (exact) mass is 483 g/mol. The Kier molecular flexibility index (Phi) is 2.95. The van der Waals surface area contributed by atoms with Gasteiger partial charge in [0.25, 0.3) is 5.91 Å². The van der Waals surface area contributed by atoms with Gasteiger partial charge in [-0.25, -0.2) is 4.39 Å². The molecule has 1 N–H and O–H groups in total. The van der Waals surface area contributed by atoms with Gasteiger partial charge in [-0.2, -0.15) is 0 Å². The summed E-state index contributed by atoms with van der Waals surface area (Å²) < 4.78 is 156. The van der Waals surface area contributed by atoms with Crippen molar-refractivity contribution >= 4 is 17.7 Å². The summed E-state index contributed by atoms with van der Waals surface area (Å²) in [6, 6.07) is 3.02. The van der Waals surface area contributed by atoms with Gasteiger partial charge < -0.3 is 14.4 Å². The van der Waals surface area contributed by atoms with E-state index in [1.54, 1.807) is 5.32 Å². The van der Waals surface area contributed by atoms with Gasteiger partial charge in [0.15, 0.2) is 0 Å². The topological polar surface area (TPSA) is 88.2 Å². The molecule has 34 heavy (non-hydrogen) atoms. The third-order valence-corrected chi connectivity index (χ3v) is 4.88. The zero-order valence-electron chi connectivity index (χ0n) is 33.1. The number of morpholine rings is 1. The van der Waals surface area contributed by atoms with Gasteiger partial charge in [0.2, 0.25) is 11.8 Å². The summed E-state index contributed by atoms with van der Waals surface area (Å²) in [5, 5.41) is 1.59. The lowest BCUT2D eigenvalue weighted by Gasteiger charge is -2.29. The minimum atomic E-state index is -3.45. The van der Waals surface area contributed by atoms with E-state index in [1.807, 2.05) is 0 Å². The number of ether oxygens (including phenoxy) is 2. The molecule has 3 amide bonds. The number of carbonyl (C=O) groups is 3. The van der Waals surface area contributed by atoms with Crippen LogP contribution in [0.3, 0.4) is 0 Å². The molecule has 3 aliphatic heterocycles. The van der Waals surface area contributed by atoms with E-state index in [0.29, 0.717) is 6.07 Å². The van der Waals surface area contributed by atoms with Crippen LogP contribution in [0.15, 0.2) is 36.4 Å². The highest BCUT2D eigenvalue weighted by Crippen LogP contribution is 2.34. The van der Waals surface area contributed by atoms with Crippen LogP contribution < -0.4 is 10.1 Å². The van der Waals surface area contributed by atoms with E-state index in [4.69, 9.17) is 26.7 Å². The maximum atomic E-state index is 15.5. The summed E-state index contributed by atoms with van der Waals surface area (Å²) in [7, 11) is 0. The number of piperidine rings is 1. The third kappa shape index (κ3) is 4.53. The fraction of sp³-hybridized carbons (Fsp3) is 0.400. The van der Waals surface area contributed by atoms with Gasteiger partial charge in [0.05, 0.1) is 30.6 Å². The molecule has 0 aliphatic carbocycles. The van der Waals surface area contributed by atoms with Crippen molar-refractivity contribution < 1.29 is 50.2 Å². The Balaban J connectivity index is 1.48. The molecule has 0 aromatic heterocycles. The number of carbonyl (C=O) groups excluding carboxylic acids is 3. The SMILES string of the molecule is [2H]C([2H])(Oc1cccc2c1C([2H])([2H])N(C1C(=O)NC(=O)C([2H])([2H])C1([2H])[2H])C2=O)c1ccc(CN2C([2H])([2H])C([2H])([2H])OC([2H])([2H])C2([2H])[2H])cc1F. The fourth-order valence-corrected chi connectivity index (χ4v) is 3.31. The van der Waals surface area contributed by atoms with Crippen LogP contribution in [0.1, 0.15) is 61.7 Å². The van der Waals surface area contributed by atoms with Crippen molar-refractivity contribution in [1.29, 1.82) is 0 Å². The molecule has 178 valence electrons. The second-order valence-corrected chi connectivity index (χ2v) is 7.09. The van der Waals surface area contributed by atoms with Gasteiger partial charge in [0, 0.05) is 53.6 Å². The molecular weight excluding hydrogens is 441 g/mol. The maximum Gasteiger partial charge on any atom is 0.255 e. The molecule has 2 fully saturated rings. The Labute approximate surface area is 219 Å². The molecule has 3 aliphatic rings. The lowest BCUT2D eigenvalue weighted by molar-refractivity contribution is -0.136. The first-order chi connectivity index (χ1) is 22.5. The van der Waals surface area contributed by atoms with Crippen LogP contribution in [0.2, 0.25) is 0 Å². The standard InChI is InChI=1S/C25H26FN3O5/c26-20-12-16(13-28-8-10-33-11-9-28)4-5-17(20)15-34-22-3-1-2-18-19(22)14-29(25(18)32)21-6-7-23(30)27-24(21)31/h1-5,12,21H,6-11,13-15H2,(H,27,30,31)/i6D2,7D2,8D2,9D2,10D2,11D2,14D2,15D2.